The van der Waals surface area contributed by atoms with Crippen LogP contribution in [0.1, 0.15) is 27.0 Å². The Bertz CT molecular complexity index is 1290. The van der Waals surface area contributed by atoms with E-state index < -0.39 is 0 Å². The molecule has 8 heteroatoms. The van der Waals surface area contributed by atoms with Gasteiger partial charge in [-0.05, 0) is 53.6 Å². The molecule has 2 aliphatic rings. The number of allylic oxidation sites excluding steroid dienone is 1. The summed E-state index contributed by atoms with van der Waals surface area (Å²) in [4.78, 5) is 15.2. The highest BCUT2D eigenvalue weighted by atomic mass is 19.1. The summed E-state index contributed by atoms with van der Waals surface area (Å²) in [5.41, 5.74) is 2.91. The van der Waals surface area contributed by atoms with Crippen LogP contribution >= 0.6 is 0 Å². The van der Waals surface area contributed by atoms with E-state index in [1.54, 1.807) is 42.5 Å². The number of Topliss-reactive ketones (excluding diaryl/α,β-unsaturated/α-hetero) is 1. The molecule has 2 aliphatic heterocycles. The van der Waals surface area contributed by atoms with E-state index in [9.17, 15) is 9.18 Å². The molecule has 180 valence electrons. The van der Waals surface area contributed by atoms with E-state index in [2.05, 4.69) is 4.90 Å². The summed E-state index contributed by atoms with van der Waals surface area (Å²) in [5, 5.41) is 0. The van der Waals surface area contributed by atoms with Crippen LogP contribution in [0.5, 0.6) is 28.7 Å². The molecule has 0 saturated heterocycles. The lowest BCUT2D eigenvalue weighted by Gasteiger charge is -2.29. The number of hydrogen-bond acceptors (Lipinski definition) is 7. The van der Waals surface area contributed by atoms with Crippen molar-refractivity contribution in [2.75, 3.05) is 28.1 Å². The third-order valence-electron chi connectivity index (χ3n) is 5.99. The first-order chi connectivity index (χ1) is 17.0. The molecule has 0 aromatic heterocycles. The number of rotatable bonds is 6. The lowest BCUT2D eigenvalue weighted by Crippen LogP contribution is -2.31. The molecule has 3 aromatic rings. The van der Waals surface area contributed by atoms with Crippen LogP contribution in [-0.2, 0) is 13.1 Å². The number of benzene rings is 3. The number of methoxy groups -OCH3 is 3. The minimum Gasteiger partial charge on any atom is -0.493 e. The van der Waals surface area contributed by atoms with Gasteiger partial charge < -0.3 is 23.7 Å². The number of hydrogen-bond donors (Lipinski definition) is 0. The lowest BCUT2D eigenvalue weighted by molar-refractivity contribution is 0.0872. The van der Waals surface area contributed by atoms with Crippen molar-refractivity contribution < 1.29 is 32.9 Å². The van der Waals surface area contributed by atoms with Crippen LogP contribution in [0, 0.1) is 5.82 Å². The van der Waals surface area contributed by atoms with Crippen molar-refractivity contribution in [3.8, 4) is 28.7 Å². The summed E-state index contributed by atoms with van der Waals surface area (Å²) in [6.07, 6.45) is 1.65. The third-order valence-corrected chi connectivity index (χ3v) is 5.99. The van der Waals surface area contributed by atoms with E-state index in [1.807, 2.05) is 0 Å². The van der Waals surface area contributed by atoms with E-state index in [0.29, 0.717) is 59.7 Å². The van der Waals surface area contributed by atoms with Crippen molar-refractivity contribution in [2.24, 2.45) is 0 Å². The van der Waals surface area contributed by atoms with Crippen LogP contribution in [0.3, 0.4) is 0 Å². The first-order valence-corrected chi connectivity index (χ1v) is 11.0. The quantitative estimate of drug-likeness (QED) is 0.472. The van der Waals surface area contributed by atoms with Crippen molar-refractivity contribution in [2.45, 2.75) is 13.1 Å². The van der Waals surface area contributed by atoms with Crippen molar-refractivity contribution in [3.05, 3.63) is 82.4 Å². The molecule has 0 bridgehead atoms. The topological polar surface area (TPSA) is 66.5 Å². The number of fused-ring (bicyclic) bond motifs is 3. The van der Waals surface area contributed by atoms with Gasteiger partial charge in [0.25, 0.3) is 0 Å². The van der Waals surface area contributed by atoms with Crippen LogP contribution in [0.4, 0.5) is 4.39 Å². The molecule has 0 unspecified atom stereocenters. The van der Waals surface area contributed by atoms with Gasteiger partial charge in [-0.25, -0.2) is 4.39 Å². The number of halogens is 1. The molecule has 5 rings (SSSR count). The standard InChI is InChI=1S/C27H24FNO6/c1-31-23-11-17(12-24(32-2)27(23)33-3)10-22-25(30)19-8-9-21-20(26(19)35-22)14-29(15-34-21)13-16-4-6-18(28)7-5-16/h4-12H,13-15H2,1-3H3/b22-10-. The highest BCUT2D eigenvalue weighted by molar-refractivity contribution is 6.15. The predicted molar refractivity (Wildman–Crippen MR) is 127 cm³/mol. The van der Waals surface area contributed by atoms with Crippen LogP contribution in [0.2, 0.25) is 0 Å². The molecule has 0 spiro atoms. The Morgan fingerprint density at radius 3 is 2.37 bits per heavy atom. The molecule has 0 atom stereocenters. The fourth-order valence-electron chi connectivity index (χ4n) is 4.29. The van der Waals surface area contributed by atoms with Gasteiger partial charge in [0.2, 0.25) is 11.5 Å². The SMILES string of the molecule is COc1cc(/C=C2\Oc3c(ccc4c3CN(Cc3ccc(F)cc3)CO4)C2=O)cc(OC)c1OC. The molecule has 7 nitrogen and oxygen atoms in total. The average Bonchev–Trinajstić information content (AvgIpc) is 3.20. The second-order valence-corrected chi connectivity index (χ2v) is 8.20. The maximum Gasteiger partial charge on any atom is 0.231 e. The highest BCUT2D eigenvalue weighted by Crippen LogP contribution is 2.43. The Hall–Kier alpha value is -4.04. The number of ketones is 1. The van der Waals surface area contributed by atoms with Gasteiger partial charge in [-0.3, -0.25) is 9.69 Å². The van der Waals surface area contributed by atoms with Gasteiger partial charge in [0.15, 0.2) is 17.3 Å². The van der Waals surface area contributed by atoms with Gasteiger partial charge in [0.05, 0.1) is 32.5 Å². The smallest absolute Gasteiger partial charge is 0.231 e. The normalized spacial score (nSPS) is 15.8. The van der Waals surface area contributed by atoms with Gasteiger partial charge in [0, 0.05) is 13.1 Å². The second kappa shape index (κ2) is 9.31. The first-order valence-electron chi connectivity index (χ1n) is 11.0. The molecule has 0 radical (unpaired) electrons. The molecule has 0 amide bonds. The van der Waals surface area contributed by atoms with Crippen LogP contribution < -0.4 is 23.7 Å². The minimum absolute atomic E-state index is 0.193. The first kappa shape index (κ1) is 22.7. The van der Waals surface area contributed by atoms with Crippen molar-refractivity contribution in [1.82, 2.24) is 4.90 Å². The zero-order valence-electron chi connectivity index (χ0n) is 19.6. The molecule has 3 aromatic carbocycles. The lowest BCUT2D eigenvalue weighted by atomic mass is 10.0. The zero-order chi connectivity index (χ0) is 24.5. The van der Waals surface area contributed by atoms with Crippen LogP contribution in [0.15, 0.2) is 54.3 Å². The van der Waals surface area contributed by atoms with Gasteiger partial charge in [-0.15, -0.1) is 0 Å². The fourth-order valence-corrected chi connectivity index (χ4v) is 4.29. The number of ether oxygens (including phenoxy) is 5. The molecular formula is C27H24FNO6. The average molecular weight is 477 g/mol. The van der Waals surface area contributed by atoms with Gasteiger partial charge in [-0.1, -0.05) is 12.1 Å². The van der Waals surface area contributed by atoms with Crippen molar-refractivity contribution in [3.63, 3.8) is 0 Å². The second-order valence-electron chi connectivity index (χ2n) is 8.20. The fraction of sp³-hybridized carbons (Fsp3) is 0.222. The largest absolute Gasteiger partial charge is 0.493 e. The Morgan fingerprint density at radius 2 is 1.71 bits per heavy atom. The van der Waals surface area contributed by atoms with E-state index >= 15 is 0 Å². The summed E-state index contributed by atoms with van der Waals surface area (Å²) in [7, 11) is 4.60. The summed E-state index contributed by atoms with van der Waals surface area (Å²) in [6.45, 7) is 1.48. The van der Waals surface area contributed by atoms with E-state index in [1.165, 1.54) is 33.5 Å². The Kier molecular flexibility index (Phi) is 6.05. The number of carbonyl (C=O) groups excluding carboxylic acids is 1. The van der Waals surface area contributed by atoms with Crippen LogP contribution in [-0.4, -0.2) is 38.7 Å². The number of nitrogens with zero attached hydrogens (tertiary/aromatic N) is 1. The van der Waals surface area contributed by atoms with Gasteiger partial charge in [-0.2, -0.15) is 0 Å². The molecule has 0 fully saturated rings. The van der Waals surface area contributed by atoms with Crippen molar-refractivity contribution in [1.29, 1.82) is 0 Å². The minimum atomic E-state index is -0.273. The van der Waals surface area contributed by atoms with Gasteiger partial charge >= 0.3 is 0 Å². The summed E-state index contributed by atoms with van der Waals surface area (Å²) >= 11 is 0. The highest BCUT2D eigenvalue weighted by Gasteiger charge is 2.33. The molecular weight excluding hydrogens is 453 g/mol. The van der Waals surface area contributed by atoms with E-state index in [-0.39, 0.29) is 17.4 Å². The van der Waals surface area contributed by atoms with Crippen LogP contribution in [0.25, 0.3) is 6.08 Å². The maximum atomic E-state index is 13.3. The maximum absolute atomic E-state index is 13.3. The molecule has 0 aliphatic carbocycles. The Labute approximate surface area is 202 Å². The van der Waals surface area contributed by atoms with Gasteiger partial charge in [0.1, 0.15) is 24.0 Å². The third kappa shape index (κ3) is 4.28. The summed E-state index contributed by atoms with van der Waals surface area (Å²) < 4.78 is 41.5. The van der Waals surface area contributed by atoms with E-state index in [0.717, 1.165) is 11.1 Å². The van der Waals surface area contributed by atoms with E-state index in [4.69, 9.17) is 23.7 Å². The molecule has 2 heterocycles. The Balaban J connectivity index is 1.43. The summed E-state index contributed by atoms with van der Waals surface area (Å²) in [5.74, 6) is 2.30. The zero-order valence-corrected chi connectivity index (χ0v) is 19.6. The predicted octanol–water partition coefficient (Wildman–Crippen LogP) is 4.82. The molecule has 35 heavy (non-hydrogen) atoms. The molecule has 0 saturated carbocycles. The molecule has 0 N–H and O–H groups in total. The van der Waals surface area contributed by atoms with Crippen molar-refractivity contribution >= 4 is 11.9 Å². The Morgan fingerprint density at radius 1 is 1.00 bits per heavy atom. The summed E-state index contributed by atoms with van der Waals surface area (Å²) in [6, 6.07) is 13.4. The monoisotopic (exact) mass is 477 g/mol. The number of carbonyl (C=O) groups is 1.